The summed E-state index contributed by atoms with van der Waals surface area (Å²) in [6, 6.07) is 5.43. The summed E-state index contributed by atoms with van der Waals surface area (Å²) in [7, 11) is 0. The number of nitrogens with zero attached hydrogens (tertiary/aromatic N) is 3. The molecule has 0 radical (unpaired) electrons. The van der Waals surface area contributed by atoms with Crippen molar-refractivity contribution in [3.8, 4) is 5.75 Å². The second kappa shape index (κ2) is 11.5. The second-order valence-electron chi connectivity index (χ2n) is 13.7. The van der Waals surface area contributed by atoms with E-state index in [-0.39, 0.29) is 30.4 Å². The van der Waals surface area contributed by atoms with E-state index in [1.807, 2.05) is 43.9 Å². The van der Waals surface area contributed by atoms with Gasteiger partial charge in [0.15, 0.2) is 0 Å². The van der Waals surface area contributed by atoms with Crippen molar-refractivity contribution in [3.63, 3.8) is 0 Å². The number of amides is 4. The lowest BCUT2D eigenvalue weighted by atomic mass is 9.77. The molecule has 10 nitrogen and oxygen atoms in total. The van der Waals surface area contributed by atoms with Crippen LogP contribution in [0.5, 0.6) is 5.75 Å². The van der Waals surface area contributed by atoms with E-state index in [0.717, 1.165) is 69.6 Å². The summed E-state index contributed by atoms with van der Waals surface area (Å²) in [5, 5.41) is 2.36. The molecule has 0 bridgehead atoms. The molecule has 42 heavy (non-hydrogen) atoms. The summed E-state index contributed by atoms with van der Waals surface area (Å²) in [6.45, 7) is 9.79. The van der Waals surface area contributed by atoms with Gasteiger partial charge in [0.1, 0.15) is 23.5 Å². The Kier molecular flexibility index (Phi) is 7.93. The molecule has 228 valence electrons. The maximum atomic E-state index is 13.1. The van der Waals surface area contributed by atoms with Crippen molar-refractivity contribution in [3.05, 3.63) is 29.3 Å². The Bertz CT molecular complexity index is 1230. The second-order valence-corrected chi connectivity index (χ2v) is 13.7. The largest absolute Gasteiger partial charge is 0.489 e. The fraction of sp³-hybridized carbons (Fsp3) is 0.688. The number of imide groups is 1. The monoisotopic (exact) mass is 580 g/mol. The SMILES string of the molecule is CC(C)(C)OC(=O)N1CCC(C2CN([C@H]3CCCC[C@@H]3Oc3ccc4c(c3)CN(C3CCC(=O)NC3=O)C4=O)C2)CC1. The molecule has 1 aliphatic carbocycles. The molecular weight excluding hydrogens is 536 g/mol. The van der Waals surface area contributed by atoms with Crippen molar-refractivity contribution in [1.82, 2.24) is 20.0 Å². The van der Waals surface area contributed by atoms with E-state index in [4.69, 9.17) is 9.47 Å². The van der Waals surface area contributed by atoms with E-state index < -0.39 is 17.6 Å². The Balaban J connectivity index is 1.02. The fourth-order valence-corrected chi connectivity index (χ4v) is 7.43. The number of fused-ring (bicyclic) bond motifs is 1. The summed E-state index contributed by atoms with van der Waals surface area (Å²) in [6.07, 6.45) is 7.08. The van der Waals surface area contributed by atoms with Crippen molar-refractivity contribution >= 4 is 23.8 Å². The van der Waals surface area contributed by atoms with Crippen LogP contribution in [0, 0.1) is 11.8 Å². The van der Waals surface area contributed by atoms with Gasteiger partial charge in [-0.25, -0.2) is 4.79 Å². The van der Waals surface area contributed by atoms with E-state index in [2.05, 4.69) is 10.2 Å². The maximum Gasteiger partial charge on any atom is 0.410 e. The molecule has 1 unspecified atom stereocenters. The number of piperidine rings is 2. The molecule has 4 amide bonds. The highest BCUT2D eigenvalue weighted by molar-refractivity contribution is 6.05. The van der Waals surface area contributed by atoms with Gasteiger partial charge in [0, 0.05) is 50.7 Å². The van der Waals surface area contributed by atoms with Crippen molar-refractivity contribution in [2.24, 2.45) is 11.8 Å². The van der Waals surface area contributed by atoms with E-state index in [1.54, 1.807) is 4.90 Å². The molecule has 6 rings (SSSR count). The summed E-state index contributed by atoms with van der Waals surface area (Å²) in [5.41, 5.74) is 1.01. The van der Waals surface area contributed by atoms with Crippen LogP contribution < -0.4 is 10.1 Å². The van der Waals surface area contributed by atoms with Gasteiger partial charge in [0.2, 0.25) is 11.8 Å². The van der Waals surface area contributed by atoms with Gasteiger partial charge < -0.3 is 19.3 Å². The zero-order valence-corrected chi connectivity index (χ0v) is 25.1. The molecule has 3 saturated heterocycles. The normalized spacial score (nSPS) is 27.9. The Labute approximate surface area is 248 Å². The van der Waals surface area contributed by atoms with Crippen LogP contribution in [0.1, 0.15) is 88.1 Å². The molecule has 1 N–H and O–H groups in total. The third kappa shape index (κ3) is 6.00. The first-order valence-corrected chi connectivity index (χ1v) is 15.7. The standard InChI is InChI=1S/C32H44N4O6/c1-32(2,3)42-31(40)34-14-12-20(13-15-34)22-17-35(18-22)25-6-4-5-7-27(25)41-23-8-9-24-21(16-23)19-36(30(24)39)26-10-11-28(37)33-29(26)38/h8-9,16,20,22,25-27H,4-7,10-15,17-19H2,1-3H3,(H,33,37,38)/t25-,26?,27-/m0/s1. The first-order chi connectivity index (χ1) is 20.1. The van der Waals surface area contributed by atoms with Crippen molar-refractivity contribution < 1.29 is 28.7 Å². The Hall–Kier alpha value is -3.14. The number of benzene rings is 1. The van der Waals surface area contributed by atoms with Crippen LogP contribution in [0.3, 0.4) is 0 Å². The summed E-state index contributed by atoms with van der Waals surface area (Å²) < 4.78 is 12.2. The average Bonchev–Trinajstić information content (AvgIpc) is 3.23. The molecule has 4 fully saturated rings. The molecule has 4 aliphatic heterocycles. The molecule has 1 aromatic carbocycles. The highest BCUT2D eigenvalue weighted by Gasteiger charge is 2.43. The molecule has 0 aromatic heterocycles. The van der Waals surface area contributed by atoms with Crippen LogP contribution in [-0.4, -0.2) is 88.5 Å². The third-order valence-electron chi connectivity index (χ3n) is 9.72. The fourth-order valence-electron chi connectivity index (χ4n) is 7.43. The van der Waals surface area contributed by atoms with Crippen molar-refractivity contribution in [2.75, 3.05) is 26.2 Å². The van der Waals surface area contributed by atoms with Crippen LogP contribution in [-0.2, 0) is 20.9 Å². The van der Waals surface area contributed by atoms with Gasteiger partial charge in [0.25, 0.3) is 5.91 Å². The first kappa shape index (κ1) is 29.0. The lowest BCUT2D eigenvalue weighted by Gasteiger charge is -2.51. The number of likely N-dealkylation sites (tertiary alicyclic amines) is 2. The number of nitrogens with one attached hydrogen (secondary N) is 1. The van der Waals surface area contributed by atoms with Gasteiger partial charge in [0.05, 0.1) is 0 Å². The minimum atomic E-state index is -0.612. The smallest absolute Gasteiger partial charge is 0.410 e. The Morgan fingerprint density at radius 3 is 2.40 bits per heavy atom. The Morgan fingerprint density at radius 1 is 0.952 bits per heavy atom. The highest BCUT2D eigenvalue weighted by atomic mass is 16.6. The zero-order chi connectivity index (χ0) is 29.6. The van der Waals surface area contributed by atoms with E-state index >= 15 is 0 Å². The van der Waals surface area contributed by atoms with Crippen LogP contribution in [0.25, 0.3) is 0 Å². The zero-order valence-electron chi connectivity index (χ0n) is 25.1. The minimum Gasteiger partial charge on any atom is -0.489 e. The van der Waals surface area contributed by atoms with E-state index in [0.29, 0.717) is 36.4 Å². The van der Waals surface area contributed by atoms with E-state index in [9.17, 15) is 19.2 Å². The van der Waals surface area contributed by atoms with Crippen LogP contribution >= 0.6 is 0 Å². The third-order valence-corrected chi connectivity index (χ3v) is 9.72. The van der Waals surface area contributed by atoms with Crippen molar-refractivity contribution in [2.45, 2.75) is 102 Å². The van der Waals surface area contributed by atoms with E-state index in [1.165, 1.54) is 6.42 Å². The van der Waals surface area contributed by atoms with Gasteiger partial charge in [-0.15, -0.1) is 0 Å². The molecule has 0 spiro atoms. The molecule has 1 aromatic rings. The lowest BCUT2D eigenvalue weighted by molar-refractivity contribution is -0.136. The van der Waals surface area contributed by atoms with Crippen LogP contribution in [0.4, 0.5) is 4.79 Å². The lowest BCUT2D eigenvalue weighted by Crippen LogP contribution is -2.60. The summed E-state index contributed by atoms with van der Waals surface area (Å²) in [5.74, 6) is 1.24. The molecule has 1 saturated carbocycles. The predicted molar refractivity (Wildman–Crippen MR) is 155 cm³/mol. The number of carbonyl (C=O) groups is 4. The number of hydrogen-bond donors (Lipinski definition) is 1. The van der Waals surface area contributed by atoms with Gasteiger partial charge in [-0.1, -0.05) is 6.42 Å². The van der Waals surface area contributed by atoms with Gasteiger partial charge >= 0.3 is 6.09 Å². The summed E-state index contributed by atoms with van der Waals surface area (Å²) >= 11 is 0. The number of ether oxygens (including phenoxy) is 2. The number of carbonyl (C=O) groups excluding carboxylic acids is 4. The van der Waals surface area contributed by atoms with Gasteiger partial charge in [-0.2, -0.15) is 0 Å². The molecule has 5 aliphatic rings. The average molecular weight is 581 g/mol. The molecule has 10 heteroatoms. The molecule has 4 heterocycles. The van der Waals surface area contributed by atoms with Gasteiger partial charge in [-0.3, -0.25) is 24.6 Å². The first-order valence-electron chi connectivity index (χ1n) is 15.7. The van der Waals surface area contributed by atoms with Crippen LogP contribution in [0.15, 0.2) is 18.2 Å². The minimum absolute atomic E-state index is 0.107. The van der Waals surface area contributed by atoms with Crippen molar-refractivity contribution in [1.29, 1.82) is 0 Å². The molecular formula is C32H44N4O6. The highest BCUT2D eigenvalue weighted by Crippen LogP contribution is 2.38. The van der Waals surface area contributed by atoms with Gasteiger partial charge in [-0.05, 0) is 94.9 Å². The van der Waals surface area contributed by atoms with Crippen LogP contribution in [0.2, 0.25) is 0 Å². The topological polar surface area (TPSA) is 108 Å². The number of hydrogen-bond acceptors (Lipinski definition) is 7. The number of rotatable bonds is 5. The Morgan fingerprint density at radius 2 is 1.69 bits per heavy atom. The molecule has 3 atom stereocenters. The quantitative estimate of drug-likeness (QED) is 0.529. The maximum absolute atomic E-state index is 13.1. The predicted octanol–water partition coefficient (Wildman–Crippen LogP) is 3.72. The summed E-state index contributed by atoms with van der Waals surface area (Å²) in [4.78, 5) is 55.5.